The van der Waals surface area contributed by atoms with E-state index in [0.29, 0.717) is 18.0 Å². The Labute approximate surface area is 111 Å². The Morgan fingerprint density at radius 3 is 2.89 bits per heavy atom. The van der Waals surface area contributed by atoms with Gasteiger partial charge in [-0.15, -0.1) is 0 Å². The van der Waals surface area contributed by atoms with Crippen molar-refractivity contribution in [1.82, 2.24) is 4.98 Å². The second-order valence-corrected chi connectivity index (χ2v) is 4.38. The van der Waals surface area contributed by atoms with Gasteiger partial charge in [0.2, 0.25) is 0 Å². The third-order valence-corrected chi connectivity index (χ3v) is 2.91. The number of pyridine rings is 1. The standard InChI is InChI=1S/C14H17N3O2/c1-2-3-12(14(16)18)19-10-5-4-9-6-7-17-13(15)11(9)8-10/h4-8,12H,2-3H2,1H3,(H2,15,17)(H2,16,18). The van der Waals surface area contributed by atoms with Gasteiger partial charge in [-0.3, -0.25) is 4.79 Å². The SMILES string of the molecule is CCCC(Oc1ccc2ccnc(N)c2c1)C(N)=O. The normalized spacial score (nSPS) is 12.3. The van der Waals surface area contributed by atoms with Gasteiger partial charge in [0.1, 0.15) is 11.6 Å². The maximum absolute atomic E-state index is 11.3. The number of hydrogen-bond acceptors (Lipinski definition) is 4. The molecule has 0 radical (unpaired) electrons. The molecule has 0 spiro atoms. The number of nitrogens with two attached hydrogens (primary N) is 2. The van der Waals surface area contributed by atoms with Crippen molar-refractivity contribution in [1.29, 1.82) is 0 Å². The van der Waals surface area contributed by atoms with E-state index in [1.54, 1.807) is 18.3 Å². The molecule has 100 valence electrons. The van der Waals surface area contributed by atoms with Gasteiger partial charge in [0, 0.05) is 11.6 Å². The summed E-state index contributed by atoms with van der Waals surface area (Å²) in [5, 5.41) is 1.78. The first-order valence-corrected chi connectivity index (χ1v) is 6.22. The fraction of sp³-hybridized carbons (Fsp3) is 0.286. The molecule has 0 saturated heterocycles. The summed E-state index contributed by atoms with van der Waals surface area (Å²) in [4.78, 5) is 15.3. The Hall–Kier alpha value is -2.30. The lowest BCUT2D eigenvalue weighted by Gasteiger charge is -2.15. The smallest absolute Gasteiger partial charge is 0.258 e. The molecule has 0 aliphatic carbocycles. The predicted molar refractivity (Wildman–Crippen MR) is 74.7 cm³/mol. The zero-order valence-electron chi connectivity index (χ0n) is 10.8. The molecule has 1 aromatic carbocycles. The molecule has 0 aliphatic rings. The summed E-state index contributed by atoms with van der Waals surface area (Å²) in [5.41, 5.74) is 11.1. The molecule has 0 fully saturated rings. The molecule has 5 heteroatoms. The first-order valence-electron chi connectivity index (χ1n) is 6.22. The predicted octanol–water partition coefficient (Wildman–Crippen LogP) is 1.85. The number of hydrogen-bond donors (Lipinski definition) is 2. The molecule has 1 unspecified atom stereocenters. The quantitative estimate of drug-likeness (QED) is 0.857. The molecule has 4 N–H and O–H groups in total. The van der Waals surface area contributed by atoms with E-state index in [0.717, 1.165) is 17.2 Å². The number of nitrogens with zero attached hydrogens (tertiary/aromatic N) is 1. The number of fused-ring (bicyclic) bond motifs is 1. The molecule has 2 rings (SSSR count). The zero-order valence-corrected chi connectivity index (χ0v) is 10.8. The van der Waals surface area contributed by atoms with Gasteiger partial charge in [-0.2, -0.15) is 0 Å². The van der Waals surface area contributed by atoms with E-state index in [-0.39, 0.29) is 0 Å². The number of primary amides is 1. The third-order valence-electron chi connectivity index (χ3n) is 2.91. The summed E-state index contributed by atoms with van der Waals surface area (Å²) in [6.07, 6.45) is 2.46. The minimum atomic E-state index is -0.611. The number of ether oxygens (including phenoxy) is 1. The van der Waals surface area contributed by atoms with Crippen LogP contribution in [0.3, 0.4) is 0 Å². The Kier molecular flexibility index (Phi) is 3.85. The van der Waals surface area contributed by atoms with Crippen molar-refractivity contribution in [3.63, 3.8) is 0 Å². The summed E-state index contributed by atoms with van der Waals surface area (Å²) in [7, 11) is 0. The van der Waals surface area contributed by atoms with E-state index in [1.165, 1.54) is 0 Å². The number of benzene rings is 1. The van der Waals surface area contributed by atoms with Gasteiger partial charge >= 0.3 is 0 Å². The highest BCUT2D eigenvalue weighted by Crippen LogP contribution is 2.25. The van der Waals surface area contributed by atoms with Crippen molar-refractivity contribution in [2.45, 2.75) is 25.9 Å². The summed E-state index contributed by atoms with van der Waals surface area (Å²) in [5.74, 6) is 0.555. The molecule has 0 bridgehead atoms. The molecule has 0 aliphatic heterocycles. The molecule has 2 aromatic rings. The second kappa shape index (κ2) is 5.56. The van der Waals surface area contributed by atoms with E-state index in [2.05, 4.69) is 4.98 Å². The van der Waals surface area contributed by atoms with Gasteiger partial charge in [0.05, 0.1) is 0 Å². The summed E-state index contributed by atoms with van der Waals surface area (Å²) < 4.78 is 5.62. The minimum Gasteiger partial charge on any atom is -0.481 e. The highest BCUT2D eigenvalue weighted by molar-refractivity contribution is 5.91. The van der Waals surface area contributed by atoms with E-state index < -0.39 is 12.0 Å². The van der Waals surface area contributed by atoms with Crippen molar-refractivity contribution >= 4 is 22.5 Å². The van der Waals surface area contributed by atoms with Gasteiger partial charge in [-0.05, 0) is 30.0 Å². The van der Waals surface area contributed by atoms with E-state index in [9.17, 15) is 4.79 Å². The summed E-state index contributed by atoms with van der Waals surface area (Å²) in [6, 6.07) is 7.33. The number of aromatic nitrogens is 1. The molecular formula is C14H17N3O2. The highest BCUT2D eigenvalue weighted by Gasteiger charge is 2.16. The first kappa shape index (κ1) is 13.1. The lowest BCUT2D eigenvalue weighted by atomic mass is 10.1. The van der Waals surface area contributed by atoms with Crippen LogP contribution in [0.4, 0.5) is 5.82 Å². The van der Waals surface area contributed by atoms with Crippen LogP contribution in [-0.2, 0) is 4.79 Å². The van der Waals surface area contributed by atoms with Crippen molar-refractivity contribution in [2.75, 3.05) is 5.73 Å². The van der Waals surface area contributed by atoms with Crippen molar-refractivity contribution < 1.29 is 9.53 Å². The average Bonchev–Trinajstić information content (AvgIpc) is 2.39. The van der Waals surface area contributed by atoms with E-state index in [1.807, 2.05) is 19.1 Å². The number of amides is 1. The van der Waals surface area contributed by atoms with Crippen LogP contribution in [0.2, 0.25) is 0 Å². The van der Waals surface area contributed by atoms with Crippen LogP contribution in [-0.4, -0.2) is 17.0 Å². The van der Waals surface area contributed by atoms with Crippen molar-refractivity contribution in [3.8, 4) is 5.75 Å². The van der Waals surface area contributed by atoms with Crippen LogP contribution < -0.4 is 16.2 Å². The molecule has 0 saturated carbocycles. The number of nitrogen functional groups attached to an aromatic ring is 1. The van der Waals surface area contributed by atoms with Crippen LogP contribution in [0.1, 0.15) is 19.8 Å². The van der Waals surface area contributed by atoms with Crippen LogP contribution in [0.5, 0.6) is 5.75 Å². The lowest BCUT2D eigenvalue weighted by Crippen LogP contribution is -2.33. The lowest BCUT2D eigenvalue weighted by molar-refractivity contribution is -0.125. The molecule has 1 atom stereocenters. The fourth-order valence-electron chi connectivity index (χ4n) is 1.93. The summed E-state index contributed by atoms with van der Waals surface area (Å²) in [6.45, 7) is 1.97. The van der Waals surface area contributed by atoms with Gasteiger partial charge in [-0.1, -0.05) is 19.4 Å². The van der Waals surface area contributed by atoms with Gasteiger partial charge in [0.25, 0.3) is 5.91 Å². The molecule has 5 nitrogen and oxygen atoms in total. The van der Waals surface area contributed by atoms with Crippen LogP contribution in [0, 0.1) is 0 Å². The fourth-order valence-corrected chi connectivity index (χ4v) is 1.93. The first-order chi connectivity index (χ1) is 9.11. The molecule has 1 amide bonds. The van der Waals surface area contributed by atoms with Gasteiger partial charge in [0.15, 0.2) is 6.10 Å². The minimum absolute atomic E-state index is 0.439. The largest absolute Gasteiger partial charge is 0.481 e. The Morgan fingerprint density at radius 1 is 1.42 bits per heavy atom. The van der Waals surface area contributed by atoms with Crippen molar-refractivity contribution in [2.24, 2.45) is 5.73 Å². The number of carbonyl (C=O) groups is 1. The van der Waals surface area contributed by atoms with Gasteiger partial charge < -0.3 is 16.2 Å². The zero-order chi connectivity index (χ0) is 13.8. The molecular weight excluding hydrogens is 242 g/mol. The highest BCUT2D eigenvalue weighted by atomic mass is 16.5. The van der Waals surface area contributed by atoms with E-state index >= 15 is 0 Å². The third kappa shape index (κ3) is 2.93. The molecule has 1 aromatic heterocycles. The number of anilines is 1. The Morgan fingerprint density at radius 2 is 2.21 bits per heavy atom. The van der Waals surface area contributed by atoms with Gasteiger partial charge in [-0.25, -0.2) is 4.98 Å². The number of carbonyl (C=O) groups excluding carboxylic acids is 1. The maximum atomic E-state index is 11.3. The average molecular weight is 259 g/mol. The summed E-state index contributed by atoms with van der Waals surface area (Å²) >= 11 is 0. The number of rotatable bonds is 5. The molecule has 19 heavy (non-hydrogen) atoms. The Balaban J connectivity index is 2.30. The van der Waals surface area contributed by atoms with Crippen LogP contribution in [0.25, 0.3) is 10.8 Å². The monoisotopic (exact) mass is 259 g/mol. The van der Waals surface area contributed by atoms with Crippen molar-refractivity contribution in [3.05, 3.63) is 30.5 Å². The van der Waals surface area contributed by atoms with Crippen LogP contribution in [0.15, 0.2) is 30.5 Å². The maximum Gasteiger partial charge on any atom is 0.258 e. The molecule has 1 heterocycles. The Bertz CT molecular complexity index is 598. The topological polar surface area (TPSA) is 91.2 Å². The van der Waals surface area contributed by atoms with Crippen LogP contribution >= 0.6 is 0 Å². The second-order valence-electron chi connectivity index (χ2n) is 4.38. The van der Waals surface area contributed by atoms with E-state index in [4.69, 9.17) is 16.2 Å².